The molecule has 7 heteroatoms. The molecule has 2 heterocycles. The van der Waals surface area contributed by atoms with Crippen LogP contribution in [0.5, 0.6) is 0 Å². The largest absolute Gasteiger partial charge is 0.465 e. The Kier molecular flexibility index (Phi) is 5.56. The maximum Gasteiger partial charge on any atom is 0.338 e. The summed E-state index contributed by atoms with van der Waals surface area (Å²) in [6, 6.07) is 6.66. The van der Waals surface area contributed by atoms with Gasteiger partial charge in [0.15, 0.2) is 5.89 Å². The number of likely N-dealkylation sites (tertiary alicyclic amines) is 1. The third-order valence-electron chi connectivity index (χ3n) is 5.01. The van der Waals surface area contributed by atoms with Crippen molar-refractivity contribution in [2.24, 2.45) is 0 Å². The molecular weight excluding hydrogens is 360 g/mol. The summed E-state index contributed by atoms with van der Waals surface area (Å²) in [7, 11) is 1.30. The summed E-state index contributed by atoms with van der Waals surface area (Å²) >= 11 is 0. The first-order chi connectivity index (χ1) is 13.2. The zero-order valence-electron chi connectivity index (χ0n) is 16.7. The first-order valence-corrected chi connectivity index (χ1v) is 9.39. The standard InChI is InChI=1S/C21H26N2O5/c1-13-17(21(2,3)26)22-18(28-13)14-8-7-11-23(12-14)19(24)15-9-5-6-10-16(15)20(25)27-4/h5-6,9-10,14,26H,7-8,11-12H2,1-4H3/t14-/m1/s1. The second-order valence-electron chi connectivity index (χ2n) is 7.64. The van der Waals surface area contributed by atoms with Crippen molar-refractivity contribution in [2.45, 2.75) is 45.1 Å². The molecule has 2 aromatic rings. The molecule has 1 fully saturated rings. The predicted molar refractivity (Wildman–Crippen MR) is 102 cm³/mol. The van der Waals surface area contributed by atoms with Gasteiger partial charge in [-0.1, -0.05) is 12.1 Å². The fourth-order valence-electron chi connectivity index (χ4n) is 3.65. The normalized spacial score (nSPS) is 17.5. The highest BCUT2D eigenvalue weighted by molar-refractivity contribution is 6.05. The number of hydrogen-bond donors (Lipinski definition) is 1. The van der Waals surface area contributed by atoms with E-state index in [0.717, 1.165) is 12.8 Å². The van der Waals surface area contributed by atoms with Crippen molar-refractivity contribution in [2.75, 3.05) is 20.2 Å². The van der Waals surface area contributed by atoms with Gasteiger partial charge >= 0.3 is 5.97 Å². The summed E-state index contributed by atoms with van der Waals surface area (Å²) in [6.45, 7) is 6.16. The number of rotatable bonds is 4. The number of ether oxygens (including phenoxy) is 1. The molecule has 1 aromatic heterocycles. The zero-order valence-corrected chi connectivity index (χ0v) is 16.7. The number of piperidine rings is 1. The molecule has 150 valence electrons. The summed E-state index contributed by atoms with van der Waals surface area (Å²) in [4.78, 5) is 31.3. The zero-order chi connectivity index (χ0) is 20.5. The molecule has 0 radical (unpaired) electrons. The fourth-order valence-corrected chi connectivity index (χ4v) is 3.65. The first kappa shape index (κ1) is 20.1. The van der Waals surface area contributed by atoms with Gasteiger partial charge in [0.25, 0.3) is 5.91 Å². The van der Waals surface area contributed by atoms with Crippen LogP contribution in [0, 0.1) is 6.92 Å². The van der Waals surface area contributed by atoms with E-state index in [4.69, 9.17) is 9.15 Å². The molecule has 0 saturated carbocycles. The number of esters is 1. The summed E-state index contributed by atoms with van der Waals surface area (Å²) in [6.07, 6.45) is 1.64. The van der Waals surface area contributed by atoms with E-state index >= 15 is 0 Å². The molecule has 3 rings (SSSR count). The SMILES string of the molecule is COC(=O)c1ccccc1C(=O)N1CCC[C@@H](c2nc(C(C)(C)O)c(C)o2)C1. The molecule has 1 aromatic carbocycles. The van der Waals surface area contributed by atoms with Crippen LogP contribution in [0.1, 0.15) is 70.7 Å². The van der Waals surface area contributed by atoms with Gasteiger partial charge in [0.05, 0.1) is 24.2 Å². The lowest BCUT2D eigenvalue weighted by Crippen LogP contribution is -2.39. The Morgan fingerprint density at radius 1 is 1.29 bits per heavy atom. The molecule has 1 N–H and O–H groups in total. The third-order valence-corrected chi connectivity index (χ3v) is 5.01. The molecule has 0 aliphatic carbocycles. The highest BCUT2D eigenvalue weighted by Crippen LogP contribution is 2.31. The van der Waals surface area contributed by atoms with E-state index in [-0.39, 0.29) is 17.4 Å². The average molecular weight is 386 g/mol. The van der Waals surface area contributed by atoms with Gasteiger partial charge in [0.1, 0.15) is 17.1 Å². The van der Waals surface area contributed by atoms with E-state index in [1.54, 1.807) is 49.9 Å². The van der Waals surface area contributed by atoms with E-state index in [1.165, 1.54) is 7.11 Å². The maximum absolute atomic E-state index is 13.1. The van der Waals surface area contributed by atoms with E-state index in [2.05, 4.69) is 4.98 Å². The van der Waals surface area contributed by atoms with Crippen LogP contribution in [0.3, 0.4) is 0 Å². The number of aromatic nitrogens is 1. The summed E-state index contributed by atoms with van der Waals surface area (Å²) in [5, 5.41) is 10.2. The number of carbonyl (C=O) groups is 2. The lowest BCUT2D eigenvalue weighted by molar-refractivity contribution is 0.0585. The quantitative estimate of drug-likeness (QED) is 0.812. The topological polar surface area (TPSA) is 92.9 Å². The summed E-state index contributed by atoms with van der Waals surface area (Å²) < 4.78 is 10.6. The molecule has 0 spiro atoms. The number of methoxy groups -OCH3 is 1. The second kappa shape index (κ2) is 7.75. The van der Waals surface area contributed by atoms with Gasteiger partial charge in [0, 0.05) is 13.1 Å². The van der Waals surface area contributed by atoms with Gasteiger partial charge < -0.3 is 19.2 Å². The monoisotopic (exact) mass is 386 g/mol. The van der Waals surface area contributed by atoms with Crippen LogP contribution < -0.4 is 0 Å². The maximum atomic E-state index is 13.1. The van der Waals surface area contributed by atoms with Crippen molar-refractivity contribution in [3.05, 3.63) is 52.7 Å². The van der Waals surface area contributed by atoms with Crippen molar-refractivity contribution in [3.63, 3.8) is 0 Å². The molecule has 7 nitrogen and oxygen atoms in total. The minimum absolute atomic E-state index is 0.0576. The molecule has 0 unspecified atom stereocenters. The van der Waals surface area contributed by atoms with Gasteiger partial charge in [-0.3, -0.25) is 4.79 Å². The Morgan fingerprint density at radius 2 is 1.96 bits per heavy atom. The first-order valence-electron chi connectivity index (χ1n) is 9.39. The summed E-state index contributed by atoms with van der Waals surface area (Å²) in [5.41, 5.74) is 0.0151. The minimum Gasteiger partial charge on any atom is -0.465 e. The number of carbonyl (C=O) groups excluding carboxylic acids is 2. The average Bonchev–Trinajstić information content (AvgIpc) is 3.09. The van der Waals surface area contributed by atoms with Crippen LogP contribution in [0.25, 0.3) is 0 Å². The summed E-state index contributed by atoms with van der Waals surface area (Å²) in [5.74, 6) is 0.320. The van der Waals surface area contributed by atoms with E-state index in [1.807, 2.05) is 0 Å². The van der Waals surface area contributed by atoms with Gasteiger partial charge in [-0.15, -0.1) is 0 Å². The number of aliphatic hydroxyl groups is 1. The number of benzene rings is 1. The minimum atomic E-state index is -1.09. The number of oxazole rings is 1. The number of aryl methyl sites for hydroxylation is 1. The highest BCUT2D eigenvalue weighted by atomic mass is 16.5. The molecule has 28 heavy (non-hydrogen) atoms. The van der Waals surface area contributed by atoms with Crippen molar-refractivity contribution < 1.29 is 23.8 Å². The van der Waals surface area contributed by atoms with Crippen molar-refractivity contribution in [1.82, 2.24) is 9.88 Å². The lowest BCUT2D eigenvalue weighted by Gasteiger charge is -2.31. The second-order valence-corrected chi connectivity index (χ2v) is 7.64. The van der Waals surface area contributed by atoms with E-state index in [0.29, 0.717) is 36.0 Å². The highest BCUT2D eigenvalue weighted by Gasteiger charge is 2.32. The van der Waals surface area contributed by atoms with Crippen molar-refractivity contribution in [3.8, 4) is 0 Å². The number of nitrogens with zero attached hydrogens (tertiary/aromatic N) is 2. The molecule has 1 atom stereocenters. The molecule has 1 amide bonds. The van der Waals surface area contributed by atoms with Crippen LogP contribution in [-0.4, -0.2) is 47.1 Å². The van der Waals surface area contributed by atoms with Gasteiger partial charge in [-0.25, -0.2) is 9.78 Å². The van der Waals surface area contributed by atoms with Crippen LogP contribution in [0.4, 0.5) is 0 Å². The van der Waals surface area contributed by atoms with Crippen molar-refractivity contribution in [1.29, 1.82) is 0 Å². The number of hydrogen-bond acceptors (Lipinski definition) is 6. The van der Waals surface area contributed by atoms with Gasteiger partial charge in [-0.05, 0) is 45.7 Å². The fraction of sp³-hybridized carbons (Fsp3) is 0.476. The van der Waals surface area contributed by atoms with E-state index in [9.17, 15) is 14.7 Å². The Labute approximate surface area is 164 Å². The van der Waals surface area contributed by atoms with Gasteiger partial charge in [0.2, 0.25) is 0 Å². The van der Waals surface area contributed by atoms with Crippen LogP contribution in [0.15, 0.2) is 28.7 Å². The molecule has 1 saturated heterocycles. The van der Waals surface area contributed by atoms with Gasteiger partial charge in [-0.2, -0.15) is 0 Å². The van der Waals surface area contributed by atoms with Crippen LogP contribution in [-0.2, 0) is 10.3 Å². The Bertz CT molecular complexity index is 881. The van der Waals surface area contributed by atoms with Crippen LogP contribution in [0.2, 0.25) is 0 Å². The van der Waals surface area contributed by atoms with Crippen LogP contribution >= 0.6 is 0 Å². The molecule has 1 aliphatic rings. The molecule has 0 bridgehead atoms. The molecule has 1 aliphatic heterocycles. The van der Waals surface area contributed by atoms with E-state index < -0.39 is 11.6 Å². The Morgan fingerprint density at radius 3 is 2.57 bits per heavy atom. The number of amides is 1. The lowest BCUT2D eigenvalue weighted by atomic mass is 9.96. The molecular formula is C21H26N2O5. The third kappa shape index (κ3) is 3.94. The Hall–Kier alpha value is -2.67. The van der Waals surface area contributed by atoms with Crippen molar-refractivity contribution >= 4 is 11.9 Å². The smallest absolute Gasteiger partial charge is 0.338 e. The Balaban J connectivity index is 1.83. The predicted octanol–water partition coefficient (Wildman–Crippen LogP) is 3.02.